The molecular weight excluding hydrogens is 431 g/mol. The molecule has 0 N–H and O–H groups in total. The van der Waals surface area contributed by atoms with E-state index in [1.165, 1.54) is 16.7 Å². The van der Waals surface area contributed by atoms with Crippen LogP contribution in [-0.4, -0.2) is 9.55 Å². The maximum absolute atomic E-state index is 4.61. The van der Waals surface area contributed by atoms with Crippen molar-refractivity contribution in [2.75, 3.05) is 0 Å². The molecule has 128 valence electrons. The third-order valence-electron chi connectivity index (χ3n) is 4.81. The molecule has 0 unspecified atom stereocenters. The molecule has 4 aromatic rings. The smallest absolute Gasteiger partial charge is 0.122 e. The lowest BCUT2D eigenvalue weighted by Crippen LogP contribution is -2.38. The van der Waals surface area contributed by atoms with Gasteiger partial charge < -0.3 is 4.57 Å². The molecule has 3 aromatic carbocycles. The van der Waals surface area contributed by atoms with Crippen molar-refractivity contribution in [1.82, 2.24) is 9.55 Å². The van der Waals surface area contributed by atoms with E-state index >= 15 is 0 Å². The molecule has 0 saturated carbocycles. The minimum atomic E-state index is -0.471. The lowest BCUT2D eigenvalue weighted by atomic mass is 9.77. The van der Waals surface area contributed by atoms with E-state index in [1.807, 2.05) is 6.33 Å². The summed E-state index contributed by atoms with van der Waals surface area (Å²) in [5.74, 6) is 0. The summed E-state index contributed by atoms with van der Waals surface area (Å²) in [6.45, 7) is 2.06. The first kappa shape index (κ1) is 17.0. The highest BCUT2D eigenvalue weighted by atomic mass is 127. The Hall–Kier alpha value is -2.40. The van der Waals surface area contributed by atoms with E-state index in [4.69, 9.17) is 0 Å². The Morgan fingerprint density at radius 3 is 1.38 bits per heavy atom. The SMILES string of the molecule is Cc1ncn(C(c2ccccc2)(c2ccccc2)c2ccccc2)c1I. The van der Waals surface area contributed by atoms with Crippen LogP contribution in [0.15, 0.2) is 97.3 Å². The van der Waals surface area contributed by atoms with Gasteiger partial charge in [0.15, 0.2) is 0 Å². The summed E-state index contributed by atoms with van der Waals surface area (Å²) >= 11 is 2.41. The van der Waals surface area contributed by atoms with Crippen LogP contribution < -0.4 is 0 Å². The zero-order valence-corrected chi connectivity index (χ0v) is 16.7. The molecule has 0 atom stereocenters. The number of nitrogens with zero attached hydrogens (tertiary/aromatic N) is 2. The van der Waals surface area contributed by atoms with Crippen LogP contribution in [0.2, 0.25) is 0 Å². The Labute approximate surface area is 167 Å². The van der Waals surface area contributed by atoms with Crippen molar-refractivity contribution in [3.63, 3.8) is 0 Å². The number of aryl methyl sites for hydroxylation is 1. The molecule has 0 aliphatic rings. The van der Waals surface area contributed by atoms with Gasteiger partial charge in [-0.15, -0.1) is 0 Å². The van der Waals surface area contributed by atoms with E-state index in [-0.39, 0.29) is 0 Å². The van der Waals surface area contributed by atoms with Crippen molar-refractivity contribution < 1.29 is 0 Å². The number of rotatable bonds is 4. The summed E-state index contributed by atoms with van der Waals surface area (Å²) in [5.41, 5.74) is 4.22. The van der Waals surface area contributed by atoms with Gasteiger partial charge in [-0.25, -0.2) is 4.98 Å². The quantitative estimate of drug-likeness (QED) is 0.291. The Kier molecular flexibility index (Phi) is 4.64. The van der Waals surface area contributed by atoms with Gasteiger partial charge in [-0.2, -0.15) is 0 Å². The fraction of sp³-hybridized carbons (Fsp3) is 0.0870. The van der Waals surface area contributed by atoms with Crippen molar-refractivity contribution >= 4 is 22.6 Å². The molecular formula is C23H19IN2. The Bertz CT molecular complexity index is 896. The zero-order valence-electron chi connectivity index (χ0n) is 14.5. The van der Waals surface area contributed by atoms with Gasteiger partial charge in [-0.3, -0.25) is 0 Å². The zero-order chi connectivity index (χ0) is 18.0. The van der Waals surface area contributed by atoms with Crippen LogP contribution in [0, 0.1) is 10.6 Å². The summed E-state index contributed by atoms with van der Waals surface area (Å²) in [4.78, 5) is 4.61. The number of benzene rings is 3. The van der Waals surface area contributed by atoms with Gasteiger partial charge in [0.1, 0.15) is 9.24 Å². The first-order valence-electron chi connectivity index (χ1n) is 8.61. The van der Waals surface area contributed by atoms with Crippen molar-refractivity contribution in [2.24, 2.45) is 0 Å². The average Bonchev–Trinajstić information content (AvgIpc) is 3.04. The van der Waals surface area contributed by atoms with Crippen LogP contribution in [-0.2, 0) is 5.54 Å². The van der Waals surface area contributed by atoms with Gasteiger partial charge in [0.25, 0.3) is 0 Å². The van der Waals surface area contributed by atoms with Gasteiger partial charge in [-0.1, -0.05) is 91.0 Å². The molecule has 0 saturated heterocycles. The Balaban J connectivity index is 2.16. The monoisotopic (exact) mass is 450 g/mol. The van der Waals surface area contributed by atoms with Gasteiger partial charge in [0.05, 0.1) is 12.0 Å². The second-order valence-corrected chi connectivity index (χ2v) is 7.32. The van der Waals surface area contributed by atoms with Crippen molar-refractivity contribution in [3.8, 4) is 0 Å². The molecule has 0 spiro atoms. The standard InChI is InChI=1S/C23H19IN2/c1-18-22(24)26(17-25-18)23(19-11-5-2-6-12-19,20-13-7-3-8-14-20)21-15-9-4-10-16-21/h2-17H,1H3. The molecule has 0 aliphatic carbocycles. The fourth-order valence-electron chi connectivity index (χ4n) is 3.61. The Morgan fingerprint density at radius 2 is 1.08 bits per heavy atom. The number of hydrogen-bond acceptors (Lipinski definition) is 1. The van der Waals surface area contributed by atoms with Crippen LogP contribution in [0.4, 0.5) is 0 Å². The number of halogens is 1. The summed E-state index contributed by atoms with van der Waals surface area (Å²) in [5, 5.41) is 0. The molecule has 1 aromatic heterocycles. The number of imidazole rings is 1. The second kappa shape index (κ2) is 7.08. The van der Waals surface area contributed by atoms with E-state index in [0.29, 0.717) is 0 Å². The van der Waals surface area contributed by atoms with Crippen LogP contribution in [0.25, 0.3) is 0 Å². The average molecular weight is 450 g/mol. The molecule has 4 rings (SSSR count). The molecule has 0 radical (unpaired) electrons. The minimum Gasteiger partial charge on any atom is -0.307 e. The van der Waals surface area contributed by atoms with Crippen molar-refractivity contribution in [2.45, 2.75) is 12.5 Å². The normalized spacial score (nSPS) is 11.5. The maximum atomic E-state index is 4.61. The molecule has 3 heteroatoms. The maximum Gasteiger partial charge on any atom is 0.122 e. The molecule has 0 aliphatic heterocycles. The molecule has 2 nitrogen and oxygen atoms in total. The first-order chi connectivity index (χ1) is 12.7. The van der Waals surface area contributed by atoms with Crippen LogP contribution in [0.3, 0.4) is 0 Å². The predicted molar refractivity (Wildman–Crippen MR) is 114 cm³/mol. The van der Waals surface area contributed by atoms with Crippen LogP contribution in [0.1, 0.15) is 22.4 Å². The molecule has 1 heterocycles. The summed E-state index contributed by atoms with van der Waals surface area (Å²) < 4.78 is 3.43. The minimum absolute atomic E-state index is 0.471. The number of hydrogen-bond donors (Lipinski definition) is 0. The van der Waals surface area contributed by atoms with Crippen molar-refractivity contribution in [1.29, 1.82) is 0 Å². The van der Waals surface area contributed by atoms with Crippen LogP contribution in [0.5, 0.6) is 0 Å². The highest BCUT2D eigenvalue weighted by Crippen LogP contribution is 2.42. The van der Waals surface area contributed by atoms with E-state index < -0.39 is 5.54 Å². The lowest BCUT2D eigenvalue weighted by Gasteiger charge is -2.38. The Morgan fingerprint density at radius 1 is 0.692 bits per heavy atom. The lowest BCUT2D eigenvalue weighted by molar-refractivity contribution is 0.504. The molecule has 0 amide bonds. The predicted octanol–water partition coefficient (Wildman–Crippen LogP) is 5.64. The van der Waals surface area contributed by atoms with E-state index in [2.05, 4.69) is 130 Å². The van der Waals surface area contributed by atoms with E-state index in [0.717, 1.165) is 9.39 Å². The molecule has 26 heavy (non-hydrogen) atoms. The first-order valence-corrected chi connectivity index (χ1v) is 9.69. The third-order valence-corrected chi connectivity index (χ3v) is 6.11. The topological polar surface area (TPSA) is 17.8 Å². The second-order valence-electron chi connectivity index (χ2n) is 6.30. The van der Waals surface area contributed by atoms with Crippen LogP contribution >= 0.6 is 22.6 Å². The van der Waals surface area contributed by atoms with Gasteiger partial charge >= 0.3 is 0 Å². The highest BCUT2D eigenvalue weighted by Gasteiger charge is 2.39. The fourth-order valence-corrected chi connectivity index (χ4v) is 4.24. The summed E-state index contributed by atoms with van der Waals surface area (Å²) in [7, 11) is 0. The van der Waals surface area contributed by atoms with E-state index in [1.54, 1.807) is 0 Å². The van der Waals surface area contributed by atoms with Gasteiger partial charge in [0.2, 0.25) is 0 Å². The van der Waals surface area contributed by atoms with Gasteiger partial charge in [0, 0.05) is 0 Å². The molecule has 0 fully saturated rings. The van der Waals surface area contributed by atoms with E-state index in [9.17, 15) is 0 Å². The summed E-state index contributed by atoms with van der Waals surface area (Å²) in [6, 6.07) is 32.0. The van der Waals surface area contributed by atoms with Gasteiger partial charge in [-0.05, 0) is 46.2 Å². The summed E-state index contributed by atoms with van der Waals surface area (Å²) in [6.07, 6.45) is 1.96. The highest BCUT2D eigenvalue weighted by molar-refractivity contribution is 14.1. The largest absolute Gasteiger partial charge is 0.307 e. The number of aromatic nitrogens is 2. The third kappa shape index (κ3) is 2.67. The van der Waals surface area contributed by atoms with Crippen molar-refractivity contribution in [3.05, 3.63) is 123 Å². The molecule has 0 bridgehead atoms.